The van der Waals surface area contributed by atoms with Gasteiger partial charge in [0.1, 0.15) is 0 Å². The number of aryl methyl sites for hydroxylation is 2. The first-order valence-corrected chi connectivity index (χ1v) is 6.87. The van der Waals surface area contributed by atoms with E-state index >= 15 is 0 Å². The Morgan fingerprint density at radius 1 is 1.39 bits per heavy atom. The lowest BCUT2D eigenvalue weighted by atomic mass is 10.2. The van der Waals surface area contributed by atoms with Crippen molar-refractivity contribution in [3.63, 3.8) is 0 Å². The van der Waals surface area contributed by atoms with Crippen molar-refractivity contribution in [2.24, 2.45) is 0 Å². The van der Waals surface area contributed by atoms with E-state index in [0.29, 0.717) is 0 Å². The van der Waals surface area contributed by atoms with Gasteiger partial charge in [-0.25, -0.2) is 4.98 Å². The Balaban J connectivity index is 2.33. The number of hydrogen-bond donors (Lipinski definition) is 1. The fourth-order valence-corrected chi connectivity index (χ4v) is 2.85. The number of aliphatic hydroxyl groups excluding tert-OH is 1. The molecule has 0 amide bonds. The SMILES string of the molecule is CCc1nc(N(C)c2cccc(C)c2)sc1CO. The number of thiazole rings is 1. The normalized spacial score (nSPS) is 10.7. The highest BCUT2D eigenvalue weighted by atomic mass is 32.1. The second-order valence-corrected chi connectivity index (χ2v) is 5.34. The molecule has 0 bridgehead atoms. The third kappa shape index (κ3) is 2.54. The molecule has 96 valence electrons. The van der Waals surface area contributed by atoms with Gasteiger partial charge < -0.3 is 10.0 Å². The van der Waals surface area contributed by atoms with Crippen LogP contribution in [0.4, 0.5) is 10.8 Å². The molecule has 2 aromatic rings. The van der Waals surface area contributed by atoms with Crippen molar-refractivity contribution in [2.45, 2.75) is 26.9 Å². The molecule has 1 aromatic carbocycles. The zero-order valence-electron chi connectivity index (χ0n) is 11.0. The van der Waals surface area contributed by atoms with E-state index in [1.807, 2.05) is 13.1 Å². The van der Waals surface area contributed by atoms with Crippen molar-refractivity contribution in [2.75, 3.05) is 11.9 Å². The van der Waals surface area contributed by atoms with Crippen molar-refractivity contribution >= 4 is 22.2 Å². The van der Waals surface area contributed by atoms with Crippen molar-refractivity contribution in [3.05, 3.63) is 40.4 Å². The van der Waals surface area contributed by atoms with Crippen LogP contribution in [0.15, 0.2) is 24.3 Å². The molecule has 0 atom stereocenters. The van der Waals surface area contributed by atoms with Crippen LogP contribution in [0.3, 0.4) is 0 Å². The quantitative estimate of drug-likeness (QED) is 0.918. The van der Waals surface area contributed by atoms with E-state index in [1.54, 1.807) is 11.3 Å². The fourth-order valence-electron chi connectivity index (χ4n) is 1.86. The largest absolute Gasteiger partial charge is 0.391 e. The van der Waals surface area contributed by atoms with Gasteiger partial charge >= 0.3 is 0 Å². The number of hydrogen-bond acceptors (Lipinski definition) is 4. The molecular formula is C14H18N2OS. The van der Waals surface area contributed by atoms with Gasteiger partial charge in [-0.3, -0.25) is 0 Å². The highest BCUT2D eigenvalue weighted by molar-refractivity contribution is 7.15. The molecule has 0 aliphatic heterocycles. The maximum Gasteiger partial charge on any atom is 0.190 e. The molecule has 0 aliphatic rings. The maximum atomic E-state index is 9.31. The lowest BCUT2D eigenvalue weighted by molar-refractivity contribution is 0.284. The molecule has 0 unspecified atom stereocenters. The molecule has 0 aliphatic carbocycles. The summed E-state index contributed by atoms with van der Waals surface area (Å²) in [5.74, 6) is 0. The van der Waals surface area contributed by atoms with E-state index < -0.39 is 0 Å². The smallest absolute Gasteiger partial charge is 0.190 e. The third-order valence-corrected chi connectivity index (χ3v) is 4.08. The summed E-state index contributed by atoms with van der Waals surface area (Å²) in [5.41, 5.74) is 3.35. The fraction of sp³-hybridized carbons (Fsp3) is 0.357. The second-order valence-electron chi connectivity index (χ2n) is 4.28. The number of aromatic nitrogens is 1. The molecule has 1 N–H and O–H groups in total. The number of anilines is 2. The van der Waals surface area contributed by atoms with Crippen LogP contribution >= 0.6 is 11.3 Å². The highest BCUT2D eigenvalue weighted by Crippen LogP contribution is 2.31. The Morgan fingerprint density at radius 3 is 2.72 bits per heavy atom. The minimum absolute atomic E-state index is 0.0719. The first-order chi connectivity index (χ1) is 8.65. The standard InChI is InChI=1S/C14H18N2OS/c1-4-12-13(9-17)18-14(15-12)16(3)11-7-5-6-10(2)8-11/h5-8,17H,4,9H2,1-3H3. The van der Waals surface area contributed by atoms with Crippen molar-refractivity contribution < 1.29 is 5.11 Å². The predicted octanol–water partition coefficient (Wildman–Crippen LogP) is 3.27. The third-order valence-electron chi connectivity index (χ3n) is 2.92. The van der Waals surface area contributed by atoms with E-state index in [1.165, 1.54) is 5.56 Å². The maximum absolute atomic E-state index is 9.31. The van der Waals surface area contributed by atoms with Gasteiger partial charge in [-0.05, 0) is 31.0 Å². The zero-order chi connectivity index (χ0) is 13.1. The van der Waals surface area contributed by atoms with E-state index in [2.05, 4.69) is 41.9 Å². The number of nitrogens with zero attached hydrogens (tertiary/aromatic N) is 2. The van der Waals surface area contributed by atoms with Crippen LogP contribution in [0, 0.1) is 6.92 Å². The van der Waals surface area contributed by atoms with Gasteiger partial charge in [0.25, 0.3) is 0 Å². The molecule has 4 heteroatoms. The minimum atomic E-state index is 0.0719. The summed E-state index contributed by atoms with van der Waals surface area (Å²) in [7, 11) is 2.01. The molecule has 0 radical (unpaired) electrons. The number of benzene rings is 1. The van der Waals surface area contributed by atoms with Crippen LogP contribution in [-0.2, 0) is 13.0 Å². The lowest BCUT2D eigenvalue weighted by Gasteiger charge is -2.16. The summed E-state index contributed by atoms with van der Waals surface area (Å²) in [6.45, 7) is 4.21. The van der Waals surface area contributed by atoms with Crippen molar-refractivity contribution in [1.82, 2.24) is 4.98 Å². The van der Waals surface area contributed by atoms with Gasteiger partial charge in [-0.2, -0.15) is 0 Å². The molecule has 1 heterocycles. The van der Waals surface area contributed by atoms with Crippen LogP contribution in [0.5, 0.6) is 0 Å². The second kappa shape index (κ2) is 5.50. The first-order valence-electron chi connectivity index (χ1n) is 6.05. The van der Waals surface area contributed by atoms with Gasteiger partial charge in [0.05, 0.1) is 17.2 Å². The summed E-state index contributed by atoms with van der Waals surface area (Å²) in [6, 6.07) is 8.32. The molecule has 0 fully saturated rings. The molecule has 3 nitrogen and oxygen atoms in total. The van der Waals surface area contributed by atoms with Crippen LogP contribution in [-0.4, -0.2) is 17.1 Å². The molecule has 18 heavy (non-hydrogen) atoms. The van der Waals surface area contributed by atoms with Gasteiger partial charge in [0, 0.05) is 12.7 Å². The Hall–Kier alpha value is -1.39. The number of rotatable bonds is 4. The average molecular weight is 262 g/mol. The minimum Gasteiger partial charge on any atom is -0.391 e. The molecule has 2 rings (SSSR count). The molecule has 0 saturated heterocycles. The summed E-state index contributed by atoms with van der Waals surface area (Å²) < 4.78 is 0. The van der Waals surface area contributed by atoms with Gasteiger partial charge in [0.2, 0.25) is 0 Å². The van der Waals surface area contributed by atoms with Gasteiger partial charge in [-0.15, -0.1) is 0 Å². The average Bonchev–Trinajstić information content (AvgIpc) is 2.81. The Labute approximate surface area is 112 Å². The molecular weight excluding hydrogens is 244 g/mol. The molecule has 1 aromatic heterocycles. The molecule has 0 saturated carbocycles. The Kier molecular flexibility index (Phi) is 3.99. The van der Waals surface area contributed by atoms with Gasteiger partial charge in [0.15, 0.2) is 5.13 Å². The number of aliphatic hydroxyl groups is 1. The van der Waals surface area contributed by atoms with E-state index in [-0.39, 0.29) is 6.61 Å². The topological polar surface area (TPSA) is 36.4 Å². The van der Waals surface area contributed by atoms with E-state index in [9.17, 15) is 5.11 Å². The monoisotopic (exact) mass is 262 g/mol. The molecule has 0 spiro atoms. The predicted molar refractivity (Wildman–Crippen MR) is 76.7 cm³/mol. The highest BCUT2D eigenvalue weighted by Gasteiger charge is 2.13. The van der Waals surface area contributed by atoms with E-state index in [0.717, 1.165) is 27.8 Å². The van der Waals surface area contributed by atoms with Crippen molar-refractivity contribution in [3.8, 4) is 0 Å². The van der Waals surface area contributed by atoms with Crippen LogP contribution in [0.2, 0.25) is 0 Å². The lowest BCUT2D eigenvalue weighted by Crippen LogP contribution is -2.09. The zero-order valence-corrected chi connectivity index (χ0v) is 11.8. The van der Waals surface area contributed by atoms with Crippen LogP contribution < -0.4 is 4.90 Å². The summed E-state index contributed by atoms with van der Waals surface area (Å²) in [6.07, 6.45) is 0.855. The van der Waals surface area contributed by atoms with Crippen LogP contribution in [0.1, 0.15) is 23.1 Å². The summed E-state index contributed by atoms with van der Waals surface area (Å²) in [4.78, 5) is 7.62. The Bertz CT molecular complexity index is 515. The Morgan fingerprint density at radius 2 is 2.17 bits per heavy atom. The van der Waals surface area contributed by atoms with E-state index in [4.69, 9.17) is 0 Å². The summed E-state index contributed by atoms with van der Waals surface area (Å²) in [5, 5.41) is 10.2. The first kappa shape index (κ1) is 13.1. The van der Waals surface area contributed by atoms with Gasteiger partial charge in [-0.1, -0.05) is 30.4 Å². The van der Waals surface area contributed by atoms with Crippen molar-refractivity contribution in [1.29, 1.82) is 0 Å². The summed E-state index contributed by atoms with van der Waals surface area (Å²) >= 11 is 1.56. The van der Waals surface area contributed by atoms with Crippen LogP contribution in [0.25, 0.3) is 0 Å².